The average Bonchev–Trinajstić information content (AvgIpc) is 2.88. The normalized spacial score (nSPS) is 22.1. The number of sulfonamides is 1. The molecule has 4 nitrogen and oxygen atoms in total. The summed E-state index contributed by atoms with van der Waals surface area (Å²) in [5, 5.41) is 8.87. The maximum Gasteiger partial charge on any atom is 0.252 e. The molecule has 0 saturated carbocycles. The van der Waals surface area contributed by atoms with E-state index >= 15 is 0 Å². The molecule has 1 aliphatic heterocycles. The third-order valence-corrected chi connectivity index (χ3v) is 6.43. The number of nitrogens with zero attached hydrogens (tertiary/aromatic N) is 1. The molecule has 0 amide bonds. The largest absolute Gasteiger partial charge is 0.396 e. The Morgan fingerprint density at radius 2 is 2.29 bits per heavy atom. The minimum absolute atomic E-state index is 0.136. The molecule has 96 valence electrons. The smallest absolute Gasteiger partial charge is 0.252 e. The van der Waals surface area contributed by atoms with Crippen LogP contribution in [0.4, 0.5) is 0 Å². The van der Waals surface area contributed by atoms with Crippen LogP contribution < -0.4 is 0 Å². The second-order valence-electron chi connectivity index (χ2n) is 4.40. The lowest BCUT2D eigenvalue weighted by molar-refractivity contribution is 0.260. The molecular formula is C11H17NO3S2. The topological polar surface area (TPSA) is 57.6 Å². The van der Waals surface area contributed by atoms with Gasteiger partial charge < -0.3 is 5.11 Å². The molecule has 0 aliphatic carbocycles. The maximum absolute atomic E-state index is 12.3. The molecule has 1 aliphatic rings. The van der Waals surface area contributed by atoms with Crippen molar-refractivity contribution in [3.8, 4) is 0 Å². The summed E-state index contributed by atoms with van der Waals surface area (Å²) >= 11 is 1.32. The van der Waals surface area contributed by atoms with E-state index in [9.17, 15) is 8.42 Å². The molecule has 6 heteroatoms. The standard InChI is InChI=1S/C11H17NO3S2/c1-9-2-3-11(16-9)17(14,15)12-6-4-10(8-12)5-7-13/h2-3,10,13H,4-8H2,1H3. The summed E-state index contributed by atoms with van der Waals surface area (Å²) < 4.78 is 26.5. The molecule has 1 atom stereocenters. The first-order valence-electron chi connectivity index (χ1n) is 5.71. The molecule has 17 heavy (non-hydrogen) atoms. The molecule has 1 aromatic heterocycles. The molecular weight excluding hydrogens is 258 g/mol. The average molecular weight is 275 g/mol. The molecule has 1 aromatic rings. The van der Waals surface area contributed by atoms with Gasteiger partial charge in [-0.3, -0.25) is 0 Å². The van der Waals surface area contributed by atoms with E-state index in [-0.39, 0.29) is 6.61 Å². The first-order valence-corrected chi connectivity index (χ1v) is 7.97. The highest BCUT2D eigenvalue weighted by atomic mass is 32.2. The minimum Gasteiger partial charge on any atom is -0.396 e. The number of rotatable bonds is 4. The molecule has 0 bridgehead atoms. The van der Waals surface area contributed by atoms with Crippen LogP contribution in [-0.4, -0.2) is 37.5 Å². The summed E-state index contributed by atoms with van der Waals surface area (Å²) in [5.41, 5.74) is 0. The van der Waals surface area contributed by atoms with Crippen LogP contribution in [-0.2, 0) is 10.0 Å². The molecule has 1 N–H and O–H groups in total. The molecule has 2 heterocycles. The maximum atomic E-state index is 12.3. The molecule has 1 unspecified atom stereocenters. The van der Waals surface area contributed by atoms with E-state index in [0.717, 1.165) is 11.3 Å². The van der Waals surface area contributed by atoms with Gasteiger partial charge in [-0.25, -0.2) is 8.42 Å². The Hall–Kier alpha value is -0.430. The lowest BCUT2D eigenvalue weighted by Gasteiger charge is -2.15. The van der Waals surface area contributed by atoms with Crippen molar-refractivity contribution in [2.45, 2.75) is 24.0 Å². The van der Waals surface area contributed by atoms with E-state index in [0.29, 0.717) is 29.6 Å². The summed E-state index contributed by atoms with van der Waals surface area (Å²) in [7, 11) is -3.30. The third-order valence-electron chi connectivity index (χ3n) is 3.10. The Bertz CT molecular complexity index is 481. The van der Waals surface area contributed by atoms with Gasteiger partial charge in [0, 0.05) is 24.6 Å². The van der Waals surface area contributed by atoms with Gasteiger partial charge in [0.2, 0.25) is 0 Å². The van der Waals surface area contributed by atoms with E-state index in [4.69, 9.17) is 5.11 Å². The molecule has 0 spiro atoms. The second-order valence-corrected chi connectivity index (χ2v) is 7.85. The van der Waals surface area contributed by atoms with E-state index < -0.39 is 10.0 Å². The van der Waals surface area contributed by atoms with Crippen LogP contribution in [0.3, 0.4) is 0 Å². The van der Waals surface area contributed by atoms with Crippen molar-refractivity contribution in [2.75, 3.05) is 19.7 Å². The molecule has 0 radical (unpaired) electrons. The van der Waals surface area contributed by atoms with Gasteiger partial charge in [0.05, 0.1) is 0 Å². The van der Waals surface area contributed by atoms with Gasteiger partial charge in [0.1, 0.15) is 4.21 Å². The number of aliphatic hydroxyl groups is 1. The monoisotopic (exact) mass is 275 g/mol. The fourth-order valence-electron chi connectivity index (χ4n) is 2.11. The van der Waals surface area contributed by atoms with Crippen LogP contribution in [0.2, 0.25) is 0 Å². The predicted octanol–water partition coefficient (Wildman–Crippen LogP) is 1.45. The number of thiophene rings is 1. The van der Waals surface area contributed by atoms with Crippen molar-refractivity contribution >= 4 is 21.4 Å². The van der Waals surface area contributed by atoms with Crippen LogP contribution in [0.15, 0.2) is 16.3 Å². The first-order chi connectivity index (χ1) is 8.04. The van der Waals surface area contributed by atoms with E-state index in [1.165, 1.54) is 11.3 Å². The van der Waals surface area contributed by atoms with Crippen LogP contribution in [0.1, 0.15) is 17.7 Å². The number of hydrogen-bond acceptors (Lipinski definition) is 4. The van der Waals surface area contributed by atoms with Gasteiger partial charge >= 0.3 is 0 Å². The van der Waals surface area contributed by atoms with Gasteiger partial charge in [-0.15, -0.1) is 11.3 Å². The van der Waals surface area contributed by atoms with Crippen molar-refractivity contribution in [2.24, 2.45) is 5.92 Å². The summed E-state index contributed by atoms with van der Waals surface area (Å²) in [6.07, 6.45) is 1.54. The van der Waals surface area contributed by atoms with Crippen LogP contribution in [0, 0.1) is 12.8 Å². The van der Waals surface area contributed by atoms with E-state index in [1.807, 2.05) is 13.0 Å². The number of aryl methyl sites for hydroxylation is 1. The Morgan fingerprint density at radius 3 is 2.88 bits per heavy atom. The van der Waals surface area contributed by atoms with Gasteiger partial charge in [0.25, 0.3) is 10.0 Å². The Morgan fingerprint density at radius 1 is 1.53 bits per heavy atom. The Labute approximate surface area is 106 Å². The van der Waals surface area contributed by atoms with Gasteiger partial charge in [-0.2, -0.15) is 4.31 Å². The second kappa shape index (κ2) is 5.06. The zero-order chi connectivity index (χ0) is 12.5. The zero-order valence-corrected chi connectivity index (χ0v) is 11.4. The summed E-state index contributed by atoms with van der Waals surface area (Å²) in [6, 6.07) is 3.51. The van der Waals surface area contributed by atoms with Crippen molar-refractivity contribution < 1.29 is 13.5 Å². The zero-order valence-electron chi connectivity index (χ0n) is 9.80. The van der Waals surface area contributed by atoms with Crippen LogP contribution in [0.25, 0.3) is 0 Å². The van der Waals surface area contributed by atoms with E-state index in [2.05, 4.69) is 0 Å². The van der Waals surface area contributed by atoms with Crippen molar-refractivity contribution in [3.63, 3.8) is 0 Å². The fourth-order valence-corrected chi connectivity index (χ4v) is 5.08. The highest BCUT2D eigenvalue weighted by Gasteiger charge is 2.32. The molecule has 1 fully saturated rings. The summed E-state index contributed by atoms with van der Waals surface area (Å²) in [5.74, 6) is 0.302. The lowest BCUT2D eigenvalue weighted by Crippen LogP contribution is -2.28. The molecule has 1 saturated heterocycles. The quantitative estimate of drug-likeness (QED) is 0.905. The predicted molar refractivity (Wildman–Crippen MR) is 67.6 cm³/mol. The highest BCUT2D eigenvalue weighted by Crippen LogP contribution is 2.29. The summed E-state index contributed by atoms with van der Waals surface area (Å²) in [4.78, 5) is 1.01. The van der Waals surface area contributed by atoms with Gasteiger partial charge in [-0.05, 0) is 37.8 Å². The van der Waals surface area contributed by atoms with Gasteiger partial charge in [0.15, 0.2) is 0 Å². The Kier molecular flexibility index (Phi) is 3.87. The van der Waals surface area contributed by atoms with Gasteiger partial charge in [-0.1, -0.05) is 0 Å². The minimum atomic E-state index is -3.30. The number of hydrogen-bond donors (Lipinski definition) is 1. The molecule has 2 rings (SSSR count). The summed E-state index contributed by atoms with van der Waals surface area (Å²) in [6.45, 7) is 3.16. The molecule has 0 aromatic carbocycles. The first kappa shape index (κ1) is 13.0. The Balaban J connectivity index is 2.13. The SMILES string of the molecule is Cc1ccc(S(=O)(=O)N2CCC(CCO)C2)s1. The van der Waals surface area contributed by atoms with Crippen molar-refractivity contribution in [3.05, 3.63) is 17.0 Å². The number of aliphatic hydroxyl groups excluding tert-OH is 1. The van der Waals surface area contributed by atoms with E-state index in [1.54, 1.807) is 10.4 Å². The van der Waals surface area contributed by atoms with Crippen LogP contribution in [0.5, 0.6) is 0 Å². The lowest BCUT2D eigenvalue weighted by atomic mass is 10.1. The fraction of sp³-hybridized carbons (Fsp3) is 0.636. The third kappa shape index (κ3) is 2.70. The van der Waals surface area contributed by atoms with Crippen molar-refractivity contribution in [1.29, 1.82) is 0 Å². The highest BCUT2D eigenvalue weighted by molar-refractivity contribution is 7.91. The van der Waals surface area contributed by atoms with Crippen molar-refractivity contribution in [1.82, 2.24) is 4.31 Å². The van der Waals surface area contributed by atoms with Crippen LogP contribution >= 0.6 is 11.3 Å².